The molecule has 0 radical (unpaired) electrons. The highest BCUT2D eigenvalue weighted by Crippen LogP contribution is 2.48. The van der Waals surface area contributed by atoms with E-state index in [1.165, 1.54) is 21.6 Å². The SMILES string of the molecule is C=C(F)C(=O)N1CCN(c2nc(OC)nc3c2CCC2(CCc4ccccc42)C3)CC1. The Balaban J connectivity index is 1.44. The summed E-state index contributed by atoms with van der Waals surface area (Å²) in [5.41, 5.74) is 5.33. The van der Waals surface area contributed by atoms with Crippen LogP contribution in [0.25, 0.3) is 0 Å². The largest absolute Gasteiger partial charge is 0.467 e. The smallest absolute Gasteiger partial charge is 0.318 e. The predicted molar refractivity (Wildman–Crippen MR) is 116 cm³/mol. The quantitative estimate of drug-likeness (QED) is 0.712. The van der Waals surface area contributed by atoms with Crippen LogP contribution in [0.15, 0.2) is 36.7 Å². The lowest BCUT2D eigenvalue weighted by Gasteiger charge is -2.39. The van der Waals surface area contributed by atoms with E-state index in [9.17, 15) is 9.18 Å². The van der Waals surface area contributed by atoms with Crippen molar-refractivity contribution in [3.63, 3.8) is 0 Å². The van der Waals surface area contributed by atoms with E-state index in [1.54, 1.807) is 7.11 Å². The highest BCUT2D eigenvalue weighted by molar-refractivity contribution is 5.90. The summed E-state index contributed by atoms with van der Waals surface area (Å²) in [4.78, 5) is 25.0. The number of piperazine rings is 1. The van der Waals surface area contributed by atoms with Gasteiger partial charge >= 0.3 is 6.01 Å². The number of anilines is 1. The molecule has 31 heavy (non-hydrogen) atoms. The molecule has 1 fully saturated rings. The summed E-state index contributed by atoms with van der Waals surface area (Å²) in [6, 6.07) is 9.17. The van der Waals surface area contributed by atoms with Crippen molar-refractivity contribution in [1.29, 1.82) is 0 Å². The molecule has 1 aromatic heterocycles. The fourth-order valence-corrected chi connectivity index (χ4v) is 5.52. The lowest BCUT2D eigenvalue weighted by Crippen LogP contribution is -2.49. The minimum absolute atomic E-state index is 0.146. The van der Waals surface area contributed by atoms with Gasteiger partial charge in [0.2, 0.25) is 0 Å². The summed E-state index contributed by atoms with van der Waals surface area (Å²) in [6.07, 6.45) is 5.17. The number of hydrogen-bond donors (Lipinski definition) is 0. The molecule has 1 aliphatic heterocycles. The molecule has 3 aliphatic rings. The summed E-state index contributed by atoms with van der Waals surface area (Å²) in [5, 5.41) is 0. The molecule has 0 bridgehead atoms. The third-order valence-electron chi connectivity index (χ3n) is 7.15. The van der Waals surface area contributed by atoms with Crippen molar-refractivity contribution >= 4 is 11.7 Å². The van der Waals surface area contributed by atoms with Gasteiger partial charge < -0.3 is 14.5 Å². The van der Waals surface area contributed by atoms with E-state index in [-0.39, 0.29) is 5.41 Å². The number of methoxy groups -OCH3 is 1. The normalized spacial score (nSPS) is 22.3. The maximum atomic E-state index is 13.2. The van der Waals surface area contributed by atoms with Crippen molar-refractivity contribution in [1.82, 2.24) is 14.9 Å². The Morgan fingerprint density at radius 3 is 2.61 bits per heavy atom. The molecule has 1 amide bonds. The van der Waals surface area contributed by atoms with E-state index in [2.05, 4.69) is 35.7 Å². The molecule has 1 unspecified atom stereocenters. The number of carbonyl (C=O) groups excluding carboxylic acids is 1. The molecule has 162 valence electrons. The molecule has 2 aliphatic carbocycles. The third kappa shape index (κ3) is 3.36. The van der Waals surface area contributed by atoms with Gasteiger partial charge in [0.15, 0.2) is 5.83 Å². The lowest BCUT2D eigenvalue weighted by molar-refractivity contribution is -0.128. The van der Waals surface area contributed by atoms with Crippen LogP contribution in [0.3, 0.4) is 0 Å². The van der Waals surface area contributed by atoms with Gasteiger partial charge in [-0.2, -0.15) is 9.97 Å². The van der Waals surface area contributed by atoms with Crippen LogP contribution in [0.4, 0.5) is 10.2 Å². The third-order valence-corrected chi connectivity index (χ3v) is 7.15. The topological polar surface area (TPSA) is 58.6 Å². The number of benzene rings is 1. The zero-order valence-electron chi connectivity index (χ0n) is 17.9. The second-order valence-electron chi connectivity index (χ2n) is 8.76. The first-order chi connectivity index (χ1) is 15.0. The monoisotopic (exact) mass is 422 g/mol. The summed E-state index contributed by atoms with van der Waals surface area (Å²) in [7, 11) is 1.60. The molecule has 1 spiro atoms. The highest BCUT2D eigenvalue weighted by atomic mass is 19.1. The average molecular weight is 423 g/mol. The minimum Gasteiger partial charge on any atom is -0.467 e. The first-order valence-electron chi connectivity index (χ1n) is 10.9. The van der Waals surface area contributed by atoms with Crippen molar-refractivity contribution in [2.24, 2.45) is 0 Å². The van der Waals surface area contributed by atoms with Crippen LogP contribution in [0.2, 0.25) is 0 Å². The van der Waals surface area contributed by atoms with Crippen LogP contribution >= 0.6 is 0 Å². The Morgan fingerprint density at radius 2 is 1.87 bits per heavy atom. The fraction of sp³-hybridized carbons (Fsp3) is 0.458. The number of amides is 1. The van der Waals surface area contributed by atoms with Crippen LogP contribution in [0, 0.1) is 0 Å². The van der Waals surface area contributed by atoms with Crippen LogP contribution in [-0.2, 0) is 29.5 Å². The summed E-state index contributed by atoms with van der Waals surface area (Å²) >= 11 is 0. The van der Waals surface area contributed by atoms with Crippen LogP contribution in [-0.4, -0.2) is 54.1 Å². The van der Waals surface area contributed by atoms with Crippen LogP contribution < -0.4 is 9.64 Å². The number of ether oxygens (including phenoxy) is 1. The molecule has 5 rings (SSSR count). The van der Waals surface area contributed by atoms with Gasteiger partial charge in [0.25, 0.3) is 5.91 Å². The molecule has 2 heterocycles. The van der Waals surface area contributed by atoms with Crippen molar-refractivity contribution in [3.05, 3.63) is 59.1 Å². The molecule has 2 aromatic rings. The van der Waals surface area contributed by atoms with E-state index in [0.717, 1.165) is 43.6 Å². The Morgan fingerprint density at radius 1 is 1.13 bits per heavy atom. The number of halogens is 1. The van der Waals surface area contributed by atoms with E-state index < -0.39 is 11.7 Å². The number of fused-ring (bicyclic) bond motifs is 3. The first-order valence-corrected chi connectivity index (χ1v) is 10.9. The van der Waals surface area contributed by atoms with Crippen LogP contribution in [0.5, 0.6) is 6.01 Å². The lowest BCUT2D eigenvalue weighted by atomic mass is 9.69. The average Bonchev–Trinajstić information content (AvgIpc) is 3.15. The van der Waals surface area contributed by atoms with Crippen molar-refractivity contribution in [2.75, 3.05) is 38.2 Å². The van der Waals surface area contributed by atoms with Crippen molar-refractivity contribution in [3.8, 4) is 6.01 Å². The second-order valence-corrected chi connectivity index (χ2v) is 8.76. The molecule has 1 saturated heterocycles. The zero-order valence-corrected chi connectivity index (χ0v) is 17.9. The fourth-order valence-electron chi connectivity index (χ4n) is 5.52. The molecule has 7 heteroatoms. The number of aryl methyl sites for hydroxylation is 1. The number of carbonyl (C=O) groups is 1. The maximum absolute atomic E-state index is 13.2. The maximum Gasteiger partial charge on any atom is 0.318 e. The molecular formula is C24H27FN4O2. The predicted octanol–water partition coefficient (Wildman–Crippen LogP) is 2.99. The molecule has 1 aromatic carbocycles. The Hall–Kier alpha value is -2.96. The van der Waals surface area contributed by atoms with E-state index in [0.29, 0.717) is 32.2 Å². The van der Waals surface area contributed by atoms with Crippen molar-refractivity contribution in [2.45, 2.75) is 37.5 Å². The Labute approximate surface area is 181 Å². The van der Waals surface area contributed by atoms with E-state index in [4.69, 9.17) is 14.7 Å². The summed E-state index contributed by atoms with van der Waals surface area (Å²) < 4.78 is 18.7. The number of rotatable bonds is 3. The van der Waals surface area contributed by atoms with E-state index in [1.807, 2.05) is 0 Å². The summed E-state index contributed by atoms with van der Waals surface area (Å²) in [5.74, 6) is -0.630. The van der Waals surface area contributed by atoms with Gasteiger partial charge in [-0.05, 0) is 43.2 Å². The van der Waals surface area contributed by atoms with Crippen molar-refractivity contribution < 1.29 is 13.9 Å². The molecule has 6 nitrogen and oxygen atoms in total. The minimum atomic E-state index is -0.906. The van der Waals surface area contributed by atoms with Crippen LogP contribution in [0.1, 0.15) is 35.2 Å². The Bertz CT molecular complexity index is 1050. The van der Waals surface area contributed by atoms with Gasteiger partial charge in [-0.25, -0.2) is 4.39 Å². The molecular weight excluding hydrogens is 395 g/mol. The Kier molecular flexibility index (Phi) is 4.91. The van der Waals surface area contributed by atoms with Gasteiger partial charge in [-0.1, -0.05) is 30.8 Å². The zero-order chi connectivity index (χ0) is 21.6. The number of nitrogens with zero attached hydrogens (tertiary/aromatic N) is 4. The highest BCUT2D eigenvalue weighted by Gasteiger charge is 2.43. The van der Waals surface area contributed by atoms with Gasteiger partial charge in [0.05, 0.1) is 12.8 Å². The van der Waals surface area contributed by atoms with Gasteiger partial charge in [-0.15, -0.1) is 0 Å². The first kappa shape index (κ1) is 20.0. The number of aromatic nitrogens is 2. The van der Waals surface area contributed by atoms with Gasteiger partial charge in [0, 0.05) is 37.2 Å². The summed E-state index contributed by atoms with van der Waals surface area (Å²) in [6.45, 7) is 5.21. The van der Waals surface area contributed by atoms with Gasteiger partial charge in [-0.3, -0.25) is 4.79 Å². The molecule has 0 saturated carbocycles. The second kappa shape index (κ2) is 7.62. The van der Waals surface area contributed by atoms with Gasteiger partial charge in [0.1, 0.15) is 5.82 Å². The number of hydrogen-bond acceptors (Lipinski definition) is 5. The molecule has 0 N–H and O–H groups in total. The van der Waals surface area contributed by atoms with E-state index >= 15 is 0 Å². The standard InChI is InChI=1S/C24H27FN4O2/c1-16(25)22(30)29-13-11-28(12-14-29)21-18-8-10-24(15-20(18)26-23(27-21)31-2)9-7-17-5-3-4-6-19(17)24/h3-6H,1,7-15H2,2H3. The molecule has 1 atom stereocenters.